The molecule has 1 aromatic heterocycles. The van der Waals surface area contributed by atoms with Crippen LogP contribution in [0.3, 0.4) is 0 Å². The van der Waals surface area contributed by atoms with Gasteiger partial charge in [0.15, 0.2) is 0 Å². The summed E-state index contributed by atoms with van der Waals surface area (Å²) in [5.41, 5.74) is 3.70. The lowest BCUT2D eigenvalue weighted by Gasteiger charge is -2.36. The summed E-state index contributed by atoms with van der Waals surface area (Å²) in [6, 6.07) is 21.1. The number of carbonyl (C=O) groups excluding carboxylic acids is 1. The van der Waals surface area contributed by atoms with E-state index in [1.807, 2.05) is 12.3 Å². The number of piperidine rings is 1. The number of pyridine rings is 1. The third-order valence-electron chi connectivity index (χ3n) is 7.36. The van der Waals surface area contributed by atoms with Crippen LogP contribution < -0.4 is 4.90 Å². The maximum absolute atomic E-state index is 12.8. The van der Waals surface area contributed by atoms with Crippen molar-refractivity contribution < 1.29 is 4.79 Å². The molecule has 3 heterocycles. The Bertz CT molecular complexity index is 1050. The van der Waals surface area contributed by atoms with E-state index < -0.39 is 0 Å². The second kappa shape index (κ2) is 10.3. The molecule has 5 heteroatoms. The van der Waals surface area contributed by atoms with E-state index in [1.165, 1.54) is 29.5 Å². The lowest BCUT2D eigenvalue weighted by atomic mass is 9.91. The molecule has 0 spiro atoms. The van der Waals surface area contributed by atoms with Gasteiger partial charge in [0.05, 0.1) is 5.52 Å². The van der Waals surface area contributed by atoms with Crippen molar-refractivity contribution in [3.8, 4) is 0 Å². The summed E-state index contributed by atoms with van der Waals surface area (Å²) >= 11 is 0. The van der Waals surface area contributed by atoms with Gasteiger partial charge in [-0.1, -0.05) is 36.4 Å². The fourth-order valence-corrected chi connectivity index (χ4v) is 5.32. The number of nitrogens with zero attached hydrogens (tertiary/aromatic N) is 4. The first kappa shape index (κ1) is 21.9. The highest BCUT2D eigenvalue weighted by molar-refractivity contribution is 5.81. The van der Waals surface area contributed by atoms with Crippen LogP contribution in [0.25, 0.3) is 10.9 Å². The van der Waals surface area contributed by atoms with Gasteiger partial charge in [0, 0.05) is 56.4 Å². The number of fused-ring (bicyclic) bond motifs is 1. The van der Waals surface area contributed by atoms with Crippen molar-refractivity contribution in [3.05, 3.63) is 72.4 Å². The van der Waals surface area contributed by atoms with Crippen molar-refractivity contribution in [1.82, 2.24) is 14.8 Å². The molecule has 2 aromatic carbocycles. The first-order valence-corrected chi connectivity index (χ1v) is 12.4. The van der Waals surface area contributed by atoms with Gasteiger partial charge in [0.25, 0.3) is 0 Å². The Morgan fingerprint density at radius 3 is 2.42 bits per heavy atom. The zero-order valence-electron chi connectivity index (χ0n) is 19.4. The van der Waals surface area contributed by atoms with E-state index in [9.17, 15) is 4.79 Å². The molecule has 0 radical (unpaired) electrons. The van der Waals surface area contributed by atoms with E-state index in [1.54, 1.807) is 0 Å². The number of rotatable bonds is 6. The largest absolute Gasteiger partial charge is 0.368 e. The smallest absolute Gasteiger partial charge is 0.222 e. The third kappa shape index (κ3) is 5.36. The topological polar surface area (TPSA) is 39.7 Å². The highest BCUT2D eigenvalue weighted by Gasteiger charge is 2.24. The van der Waals surface area contributed by atoms with Gasteiger partial charge >= 0.3 is 0 Å². The Morgan fingerprint density at radius 1 is 0.848 bits per heavy atom. The van der Waals surface area contributed by atoms with E-state index in [2.05, 4.69) is 74.3 Å². The van der Waals surface area contributed by atoms with E-state index in [4.69, 9.17) is 0 Å². The van der Waals surface area contributed by atoms with Crippen LogP contribution >= 0.6 is 0 Å². The predicted molar refractivity (Wildman–Crippen MR) is 134 cm³/mol. The Kier molecular flexibility index (Phi) is 6.87. The quantitative estimate of drug-likeness (QED) is 0.560. The molecule has 0 bridgehead atoms. The molecule has 2 aliphatic rings. The SMILES string of the molecule is O=C(CCC1CCN(Cc2cccc3ncccc23)CC1)N1CCN(c2ccccc2)CC1. The molecule has 2 saturated heterocycles. The van der Waals surface area contributed by atoms with Gasteiger partial charge in [0.2, 0.25) is 5.91 Å². The standard InChI is InChI=1S/C28H34N4O/c33-28(32-20-18-31(19-21-32)25-7-2-1-3-8-25)12-11-23-13-16-30(17-14-23)22-24-6-4-10-27-26(24)9-5-15-29-27/h1-10,15,23H,11-14,16-22H2. The number of likely N-dealkylation sites (tertiary alicyclic amines) is 1. The van der Waals surface area contributed by atoms with Gasteiger partial charge in [-0.2, -0.15) is 0 Å². The maximum Gasteiger partial charge on any atom is 0.222 e. The summed E-state index contributed by atoms with van der Waals surface area (Å²) in [5.74, 6) is 1.01. The van der Waals surface area contributed by atoms with E-state index in [0.717, 1.165) is 57.8 Å². The monoisotopic (exact) mass is 442 g/mol. The first-order valence-electron chi connectivity index (χ1n) is 12.4. The number of hydrogen-bond acceptors (Lipinski definition) is 4. The van der Waals surface area contributed by atoms with Crippen molar-refractivity contribution >= 4 is 22.5 Å². The fourth-order valence-electron chi connectivity index (χ4n) is 5.32. The summed E-state index contributed by atoms with van der Waals surface area (Å²) in [4.78, 5) is 24.3. The number of benzene rings is 2. The molecule has 5 nitrogen and oxygen atoms in total. The van der Waals surface area contributed by atoms with Gasteiger partial charge in [-0.15, -0.1) is 0 Å². The number of carbonyl (C=O) groups is 1. The van der Waals surface area contributed by atoms with Crippen molar-refractivity contribution in [2.75, 3.05) is 44.2 Å². The molecule has 0 N–H and O–H groups in total. The van der Waals surface area contributed by atoms with E-state index in [-0.39, 0.29) is 0 Å². The average Bonchev–Trinajstić information content (AvgIpc) is 2.89. The van der Waals surface area contributed by atoms with Crippen LogP contribution in [0, 0.1) is 5.92 Å². The Morgan fingerprint density at radius 2 is 1.64 bits per heavy atom. The zero-order chi connectivity index (χ0) is 22.5. The summed E-state index contributed by atoms with van der Waals surface area (Å²) < 4.78 is 0. The molecule has 33 heavy (non-hydrogen) atoms. The lowest BCUT2D eigenvalue weighted by molar-refractivity contribution is -0.131. The number of anilines is 1. The summed E-state index contributed by atoms with van der Waals surface area (Å²) in [6.07, 6.45) is 5.98. The van der Waals surface area contributed by atoms with E-state index in [0.29, 0.717) is 18.2 Å². The predicted octanol–water partition coefficient (Wildman–Crippen LogP) is 4.58. The minimum absolute atomic E-state index is 0.341. The van der Waals surface area contributed by atoms with Gasteiger partial charge in [-0.3, -0.25) is 14.7 Å². The number of piperazine rings is 1. The number of hydrogen-bond donors (Lipinski definition) is 0. The van der Waals surface area contributed by atoms with Gasteiger partial charge in [0.1, 0.15) is 0 Å². The minimum Gasteiger partial charge on any atom is -0.368 e. The Balaban J connectivity index is 1.04. The number of para-hydroxylation sites is 1. The van der Waals surface area contributed by atoms with Crippen LogP contribution in [0.4, 0.5) is 5.69 Å². The normalized spacial score (nSPS) is 18.1. The molecule has 0 atom stereocenters. The van der Waals surface area contributed by atoms with E-state index >= 15 is 0 Å². The average molecular weight is 443 g/mol. The molecular weight excluding hydrogens is 408 g/mol. The van der Waals surface area contributed by atoms with Crippen LogP contribution in [-0.2, 0) is 11.3 Å². The first-order chi connectivity index (χ1) is 16.3. The van der Waals surface area contributed by atoms with Crippen LogP contribution in [0.1, 0.15) is 31.2 Å². The van der Waals surface area contributed by atoms with Gasteiger partial charge in [-0.05, 0) is 68.1 Å². The number of aromatic nitrogens is 1. The molecule has 2 aliphatic heterocycles. The summed E-state index contributed by atoms with van der Waals surface area (Å²) in [6.45, 7) is 6.75. The second-order valence-electron chi connectivity index (χ2n) is 9.45. The highest BCUT2D eigenvalue weighted by atomic mass is 16.2. The van der Waals surface area contributed by atoms with Gasteiger partial charge < -0.3 is 9.80 Å². The van der Waals surface area contributed by atoms with Crippen LogP contribution in [-0.4, -0.2) is 60.0 Å². The summed E-state index contributed by atoms with van der Waals surface area (Å²) in [5, 5.41) is 1.26. The van der Waals surface area contributed by atoms with Crippen LogP contribution in [0.5, 0.6) is 0 Å². The molecule has 3 aromatic rings. The molecule has 5 rings (SSSR count). The molecule has 2 fully saturated rings. The van der Waals surface area contributed by atoms with Crippen molar-refractivity contribution in [1.29, 1.82) is 0 Å². The molecular formula is C28H34N4O. The molecule has 0 aliphatic carbocycles. The zero-order valence-corrected chi connectivity index (χ0v) is 19.4. The minimum atomic E-state index is 0.341. The highest BCUT2D eigenvalue weighted by Crippen LogP contribution is 2.26. The number of amides is 1. The second-order valence-corrected chi connectivity index (χ2v) is 9.45. The Labute approximate surface area is 197 Å². The van der Waals surface area contributed by atoms with Crippen molar-refractivity contribution in [2.24, 2.45) is 5.92 Å². The fraction of sp³-hybridized carbons (Fsp3) is 0.429. The lowest BCUT2D eigenvalue weighted by Crippen LogP contribution is -2.48. The van der Waals surface area contributed by atoms with Gasteiger partial charge in [-0.25, -0.2) is 0 Å². The maximum atomic E-state index is 12.8. The Hall–Kier alpha value is -2.92. The van der Waals surface area contributed by atoms with Crippen molar-refractivity contribution in [3.63, 3.8) is 0 Å². The van der Waals surface area contributed by atoms with Crippen LogP contribution in [0.2, 0.25) is 0 Å². The molecule has 0 unspecified atom stereocenters. The molecule has 0 saturated carbocycles. The molecule has 172 valence electrons. The van der Waals surface area contributed by atoms with Crippen LogP contribution in [0.15, 0.2) is 66.9 Å². The molecule has 1 amide bonds. The summed E-state index contributed by atoms with van der Waals surface area (Å²) in [7, 11) is 0. The van der Waals surface area contributed by atoms with Crippen molar-refractivity contribution in [2.45, 2.75) is 32.2 Å². The third-order valence-corrected chi connectivity index (χ3v) is 7.36.